The van der Waals surface area contributed by atoms with Gasteiger partial charge in [-0.3, -0.25) is 0 Å². The van der Waals surface area contributed by atoms with E-state index in [1.165, 1.54) is 40.9 Å². The topological polar surface area (TPSA) is 0 Å². The molecule has 4 heterocycles. The van der Waals surface area contributed by atoms with Crippen molar-refractivity contribution < 1.29 is 0 Å². The van der Waals surface area contributed by atoms with Crippen molar-refractivity contribution in [3.8, 4) is 0 Å². The molecule has 26 heavy (non-hydrogen) atoms. The van der Waals surface area contributed by atoms with Crippen molar-refractivity contribution in [2.45, 2.75) is 16.8 Å². The highest BCUT2D eigenvalue weighted by Gasteiger charge is 2.13. The molecule has 4 rings (SSSR count). The van der Waals surface area contributed by atoms with Crippen molar-refractivity contribution in [2.75, 3.05) is 25.0 Å². The molecule has 0 aromatic carbocycles. The summed E-state index contributed by atoms with van der Waals surface area (Å²) in [6, 6.07) is 0. The van der Waals surface area contributed by atoms with Crippen molar-refractivity contribution in [2.24, 2.45) is 0 Å². The summed E-state index contributed by atoms with van der Waals surface area (Å²) < 4.78 is 14.6. The number of rotatable bonds is 4. The Morgan fingerprint density at radius 2 is 0.538 bits per heavy atom. The molecular weight excluding hydrogens is 553 g/mol. The normalized spacial score (nSPS) is 11.7. The molecular formula is C14H12S12. The zero-order valence-electron chi connectivity index (χ0n) is 13.9. The summed E-state index contributed by atoms with van der Waals surface area (Å²) in [5.74, 6) is 0. The summed E-state index contributed by atoms with van der Waals surface area (Å²) in [6.07, 6.45) is 8.75. The van der Waals surface area contributed by atoms with Crippen LogP contribution in [0.2, 0.25) is 0 Å². The van der Waals surface area contributed by atoms with Gasteiger partial charge in [-0.2, -0.15) is 0 Å². The Morgan fingerprint density at radius 3 is 0.731 bits per heavy atom. The van der Waals surface area contributed by atoms with Crippen molar-refractivity contribution in [1.29, 1.82) is 0 Å². The fraction of sp³-hybridized carbons (Fsp3) is 0.286. The van der Waals surface area contributed by atoms with Gasteiger partial charge in [-0.05, 0) is 25.0 Å². The van der Waals surface area contributed by atoms with Gasteiger partial charge in [0.25, 0.3) is 0 Å². The van der Waals surface area contributed by atoms with Gasteiger partial charge >= 0.3 is 0 Å². The zero-order valence-corrected chi connectivity index (χ0v) is 23.7. The van der Waals surface area contributed by atoms with Crippen LogP contribution in [-0.2, 0) is 0 Å². The fourth-order valence-electron chi connectivity index (χ4n) is 1.97. The van der Waals surface area contributed by atoms with Gasteiger partial charge < -0.3 is 0 Å². The molecule has 0 bridgehead atoms. The van der Waals surface area contributed by atoms with Gasteiger partial charge in [0.2, 0.25) is 0 Å². The minimum Gasteiger partial charge on any atom is -0.117 e. The number of hydrogen-bond donors (Lipinski definition) is 0. The highest BCUT2D eigenvalue weighted by molar-refractivity contribution is 8.05. The second-order valence-electron chi connectivity index (χ2n) is 4.51. The fourth-order valence-corrected chi connectivity index (χ4v) is 18.9. The Morgan fingerprint density at radius 1 is 0.346 bits per heavy atom. The Bertz CT molecular complexity index is 965. The van der Waals surface area contributed by atoms with E-state index in [0.717, 1.165) is 0 Å². The van der Waals surface area contributed by atoms with Crippen LogP contribution < -0.4 is 0 Å². The molecule has 0 aliphatic rings. The van der Waals surface area contributed by atoms with Crippen LogP contribution in [0.5, 0.6) is 0 Å². The van der Waals surface area contributed by atoms with Gasteiger partial charge in [0.1, 0.15) is 24.1 Å². The Kier molecular flexibility index (Phi) is 7.58. The highest BCUT2D eigenvalue weighted by atomic mass is 32.2. The molecule has 0 saturated heterocycles. The van der Waals surface area contributed by atoms with E-state index in [9.17, 15) is 0 Å². The number of thioether (sulfide) groups is 4. The summed E-state index contributed by atoms with van der Waals surface area (Å²) in [7, 11) is 0. The minimum absolute atomic E-state index is 1.45. The lowest BCUT2D eigenvalue weighted by molar-refractivity contribution is 1.53. The minimum atomic E-state index is 1.45. The Balaban J connectivity index is 2.01. The molecule has 0 atom stereocenters. The van der Waals surface area contributed by atoms with E-state index in [1.807, 2.05) is 138 Å². The summed E-state index contributed by atoms with van der Waals surface area (Å²) in [5, 5.41) is 0. The van der Waals surface area contributed by atoms with E-state index < -0.39 is 0 Å². The molecule has 0 aliphatic carbocycles. The molecule has 0 fully saturated rings. The second kappa shape index (κ2) is 9.34. The molecule has 0 unspecified atom stereocenters. The monoisotopic (exact) mass is 564 g/mol. The Hall–Kier alpha value is 1.86. The summed E-state index contributed by atoms with van der Waals surface area (Å²) in [6.45, 7) is 0. The number of hydrogen-bond acceptors (Lipinski definition) is 12. The third kappa shape index (κ3) is 4.18. The lowest BCUT2D eigenvalue weighted by atomic mass is 11.1. The predicted molar refractivity (Wildman–Crippen MR) is 144 cm³/mol. The maximum Gasteiger partial charge on any atom is 0.110 e. The first-order valence-electron chi connectivity index (χ1n) is 6.97. The maximum absolute atomic E-state index is 2.19. The van der Waals surface area contributed by atoms with Crippen LogP contribution in [0.15, 0.2) is 16.8 Å². The van der Waals surface area contributed by atoms with Crippen LogP contribution in [0.4, 0.5) is 0 Å². The van der Waals surface area contributed by atoms with Crippen molar-refractivity contribution >= 4 is 162 Å². The van der Waals surface area contributed by atoms with Crippen molar-refractivity contribution in [1.82, 2.24) is 0 Å². The average Bonchev–Trinajstić information content (AvgIpc) is 2.68. The first-order valence-corrected chi connectivity index (χ1v) is 18.4. The largest absolute Gasteiger partial charge is 0.117 e. The molecule has 140 valence electrons. The molecule has 0 nitrogen and oxygen atoms in total. The molecule has 0 spiro atoms. The van der Waals surface area contributed by atoms with Crippen LogP contribution >= 0.6 is 138 Å². The molecule has 0 amide bonds. The van der Waals surface area contributed by atoms with E-state index in [1.54, 1.807) is 0 Å². The van der Waals surface area contributed by atoms with Crippen LogP contribution in [0.3, 0.4) is 0 Å². The van der Waals surface area contributed by atoms with E-state index in [4.69, 9.17) is 0 Å². The van der Waals surface area contributed by atoms with Gasteiger partial charge in [0.05, 0.1) is 16.8 Å². The smallest absolute Gasteiger partial charge is 0.110 e. The van der Waals surface area contributed by atoms with Gasteiger partial charge in [0.15, 0.2) is 0 Å². The molecule has 4 aromatic heterocycles. The van der Waals surface area contributed by atoms with Crippen LogP contribution in [0.1, 0.15) is 0 Å². The molecule has 0 saturated carbocycles. The molecule has 0 N–H and O–H groups in total. The van der Waals surface area contributed by atoms with Gasteiger partial charge in [-0.25, -0.2) is 0 Å². The second-order valence-corrected chi connectivity index (χ2v) is 18.5. The molecule has 12 heteroatoms. The maximum atomic E-state index is 2.19. The first kappa shape index (κ1) is 21.1. The van der Waals surface area contributed by atoms with Crippen LogP contribution in [-0.4, -0.2) is 25.0 Å². The van der Waals surface area contributed by atoms with E-state index >= 15 is 0 Å². The number of fused-ring (bicyclic) bond motifs is 3. The zero-order chi connectivity index (χ0) is 18.3. The average molecular weight is 565 g/mol. The van der Waals surface area contributed by atoms with E-state index in [0.29, 0.717) is 0 Å². The first-order chi connectivity index (χ1) is 12.7. The molecule has 0 radical (unpaired) electrons. The van der Waals surface area contributed by atoms with Gasteiger partial charge in [-0.1, -0.05) is 0 Å². The SMILES string of the molecule is CSc1sc2sc3sc4sc(SC)c(SC)sc4sc3sc2sc1SC. The molecule has 0 aliphatic heterocycles. The van der Waals surface area contributed by atoms with Crippen LogP contribution in [0.25, 0.3) is 24.1 Å². The lowest BCUT2D eigenvalue weighted by Crippen LogP contribution is -1.72. The van der Waals surface area contributed by atoms with Crippen molar-refractivity contribution in [3.05, 3.63) is 0 Å². The Labute approximate surface area is 201 Å². The molecule has 4 aromatic rings. The lowest BCUT2D eigenvalue weighted by Gasteiger charge is -2.07. The summed E-state index contributed by atoms with van der Waals surface area (Å²) >= 11 is 23.3. The van der Waals surface area contributed by atoms with Gasteiger partial charge in [0, 0.05) is 0 Å². The van der Waals surface area contributed by atoms with E-state index in [2.05, 4.69) is 25.0 Å². The summed E-state index contributed by atoms with van der Waals surface area (Å²) in [5.41, 5.74) is 0. The standard InChI is InChI=1S/C14H12S12/c1-15-5-6(16-2)20-10-9(19-5)23-13-14(24-10)26-12-11(25-13)21-7(17-3)8(18-4)22-12/h1-4H3. The third-order valence-electron chi connectivity index (χ3n) is 3.06. The van der Waals surface area contributed by atoms with Gasteiger partial charge in [-0.15, -0.1) is 138 Å². The van der Waals surface area contributed by atoms with E-state index in [-0.39, 0.29) is 0 Å². The summed E-state index contributed by atoms with van der Waals surface area (Å²) in [4.78, 5) is 0. The highest BCUT2D eigenvalue weighted by Crippen LogP contribution is 2.51. The predicted octanol–water partition coefficient (Wildman–Crippen LogP) is 10.8. The quantitative estimate of drug-likeness (QED) is 0.178. The van der Waals surface area contributed by atoms with Crippen molar-refractivity contribution in [3.63, 3.8) is 0 Å². The van der Waals surface area contributed by atoms with Crippen LogP contribution in [0, 0.1) is 0 Å². The third-order valence-corrected chi connectivity index (χ3v) is 20.2.